The van der Waals surface area contributed by atoms with Gasteiger partial charge in [-0.3, -0.25) is 4.79 Å². The summed E-state index contributed by atoms with van der Waals surface area (Å²) in [5, 5.41) is 4.15. The minimum atomic E-state index is -0.202. The van der Waals surface area contributed by atoms with Crippen molar-refractivity contribution in [3.63, 3.8) is 0 Å². The van der Waals surface area contributed by atoms with E-state index in [2.05, 4.69) is 54.1 Å². The maximum atomic E-state index is 12.2. The van der Waals surface area contributed by atoms with Gasteiger partial charge >= 0.3 is 0 Å². The molecular formula is C22H23N3O. The van der Waals surface area contributed by atoms with Crippen LogP contribution in [0.1, 0.15) is 38.4 Å². The second-order valence-corrected chi connectivity index (χ2v) is 6.46. The fourth-order valence-electron chi connectivity index (χ4n) is 3.15. The van der Waals surface area contributed by atoms with Crippen molar-refractivity contribution >= 4 is 12.1 Å². The average Bonchev–Trinajstić information content (AvgIpc) is 2.90. The van der Waals surface area contributed by atoms with E-state index in [1.807, 2.05) is 37.3 Å². The number of rotatable bonds is 4. The topological polar surface area (TPSA) is 46.4 Å². The average molecular weight is 345 g/mol. The first-order valence-corrected chi connectivity index (χ1v) is 8.63. The van der Waals surface area contributed by atoms with E-state index in [1.54, 1.807) is 12.3 Å². The zero-order chi connectivity index (χ0) is 18.7. The monoisotopic (exact) mass is 345 g/mol. The lowest BCUT2D eigenvalue weighted by molar-refractivity contribution is 0.0954. The van der Waals surface area contributed by atoms with Crippen LogP contribution in [0.15, 0.2) is 59.7 Å². The first-order valence-electron chi connectivity index (χ1n) is 8.63. The van der Waals surface area contributed by atoms with Crippen molar-refractivity contribution in [3.8, 4) is 5.69 Å². The third-order valence-electron chi connectivity index (χ3n) is 4.59. The predicted molar refractivity (Wildman–Crippen MR) is 106 cm³/mol. The first-order chi connectivity index (χ1) is 12.5. The molecule has 0 aliphatic rings. The number of amides is 1. The molecule has 0 atom stereocenters. The Kier molecular flexibility index (Phi) is 5.03. The summed E-state index contributed by atoms with van der Waals surface area (Å²) in [6.45, 7) is 8.14. The molecule has 0 spiro atoms. The van der Waals surface area contributed by atoms with Gasteiger partial charge < -0.3 is 4.57 Å². The maximum absolute atomic E-state index is 12.2. The number of hydrogen-bond donors (Lipinski definition) is 1. The molecule has 0 aliphatic heterocycles. The molecular weight excluding hydrogens is 322 g/mol. The van der Waals surface area contributed by atoms with Crippen molar-refractivity contribution in [1.82, 2.24) is 9.99 Å². The van der Waals surface area contributed by atoms with Crippen LogP contribution in [0.3, 0.4) is 0 Å². The highest BCUT2D eigenvalue weighted by atomic mass is 16.2. The molecule has 0 saturated heterocycles. The summed E-state index contributed by atoms with van der Waals surface area (Å²) in [6.07, 6.45) is 1.70. The van der Waals surface area contributed by atoms with Crippen molar-refractivity contribution in [2.75, 3.05) is 0 Å². The van der Waals surface area contributed by atoms with Gasteiger partial charge in [0.2, 0.25) is 0 Å². The number of aromatic nitrogens is 1. The highest BCUT2D eigenvalue weighted by Gasteiger charge is 2.11. The van der Waals surface area contributed by atoms with E-state index in [1.165, 1.54) is 5.56 Å². The molecule has 4 nitrogen and oxygen atoms in total. The Balaban J connectivity index is 1.82. The van der Waals surface area contributed by atoms with E-state index >= 15 is 0 Å². The van der Waals surface area contributed by atoms with Crippen molar-refractivity contribution in [1.29, 1.82) is 0 Å². The Morgan fingerprint density at radius 3 is 2.31 bits per heavy atom. The lowest BCUT2D eigenvalue weighted by atomic mass is 10.1. The fraction of sp³-hybridized carbons (Fsp3) is 0.182. The van der Waals surface area contributed by atoms with Gasteiger partial charge in [0.05, 0.1) is 6.21 Å². The molecule has 1 heterocycles. The number of benzene rings is 2. The molecule has 0 aliphatic carbocycles. The number of aryl methyl sites for hydroxylation is 3. The lowest BCUT2D eigenvalue weighted by Crippen LogP contribution is -2.18. The zero-order valence-electron chi connectivity index (χ0n) is 15.6. The Bertz CT molecular complexity index is 983. The Hall–Kier alpha value is -3.14. The van der Waals surface area contributed by atoms with Crippen LogP contribution in [0, 0.1) is 27.7 Å². The predicted octanol–water partition coefficient (Wildman–Crippen LogP) is 4.47. The Labute approximate surface area is 154 Å². The van der Waals surface area contributed by atoms with Crippen LogP contribution in [0.25, 0.3) is 5.69 Å². The smallest absolute Gasteiger partial charge is 0.271 e. The van der Waals surface area contributed by atoms with Gasteiger partial charge in [-0.25, -0.2) is 5.43 Å². The molecule has 0 bridgehead atoms. The van der Waals surface area contributed by atoms with E-state index in [0.717, 1.165) is 28.2 Å². The summed E-state index contributed by atoms with van der Waals surface area (Å²) in [6, 6.07) is 17.8. The van der Waals surface area contributed by atoms with Gasteiger partial charge in [-0.15, -0.1) is 0 Å². The number of hydrogen-bond acceptors (Lipinski definition) is 2. The molecule has 132 valence electrons. The molecule has 4 heteroatoms. The number of para-hydroxylation sites is 1. The summed E-state index contributed by atoms with van der Waals surface area (Å²) < 4.78 is 2.21. The van der Waals surface area contributed by atoms with Crippen molar-refractivity contribution in [3.05, 3.63) is 88.2 Å². The quantitative estimate of drug-likeness (QED) is 0.550. The molecule has 0 radical (unpaired) electrons. The number of carbonyl (C=O) groups is 1. The molecule has 2 aromatic carbocycles. The molecule has 0 fully saturated rings. The highest BCUT2D eigenvalue weighted by Crippen LogP contribution is 2.22. The zero-order valence-corrected chi connectivity index (χ0v) is 15.6. The van der Waals surface area contributed by atoms with Crippen LogP contribution in [0.5, 0.6) is 0 Å². The number of hydrazone groups is 1. The summed E-state index contributed by atoms with van der Waals surface area (Å²) in [5.41, 5.74) is 9.75. The largest absolute Gasteiger partial charge is 0.318 e. The van der Waals surface area contributed by atoms with Crippen molar-refractivity contribution < 1.29 is 4.79 Å². The van der Waals surface area contributed by atoms with E-state index in [9.17, 15) is 4.79 Å². The molecule has 26 heavy (non-hydrogen) atoms. The van der Waals surface area contributed by atoms with Gasteiger partial charge in [0.25, 0.3) is 5.91 Å². The molecule has 1 N–H and O–H groups in total. The maximum Gasteiger partial charge on any atom is 0.271 e. The van der Waals surface area contributed by atoms with Crippen molar-refractivity contribution in [2.45, 2.75) is 27.7 Å². The molecule has 1 amide bonds. The fourth-order valence-corrected chi connectivity index (χ4v) is 3.15. The summed E-state index contributed by atoms with van der Waals surface area (Å²) in [4.78, 5) is 12.2. The van der Waals surface area contributed by atoms with Gasteiger partial charge in [-0.05, 0) is 57.0 Å². The van der Waals surface area contributed by atoms with E-state index in [4.69, 9.17) is 0 Å². The lowest BCUT2D eigenvalue weighted by Gasteiger charge is -2.12. The van der Waals surface area contributed by atoms with Gasteiger partial charge in [0, 0.05) is 28.2 Å². The molecule has 1 aromatic heterocycles. The molecule has 3 rings (SSSR count). The number of carbonyl (C=O) groups excluding carboxylic acids is 1. The summed E-state index contributed by atoms with van der Waals surface area (Å²) >= 11 is 0. The third kappa shape index (κ3) is 3.45. The van der Waals surface area contributed by atoms with Gasteiger partial charge in [0.1, 0.15) is 0 Å². The number of nitrogens with zero attached hydrogens (tertiary/aromatic N) is 2. The molecule has 3 aromatic rings. The van der Waals surface area contributed by atoms with Gasteiger partial charge in [0.15, 0.2) is 0 Å². The minimum Gasteiger partial charge on any atom is -0.318 e. The van der Waals surface area contributed by atoms with Crippen LogP contribution < -0.4 is 5.43 Å². The number of nitrogens with one attached hydrogen (secondary N) is 1. The van der Waals surface area contributed by atoms with Crippen LogP contribution in [0.4, 0.5) is 0 Å². The molecule has 0 saturated carbocycles. The van der Waals surface area contributed by atoms with Crippen LogP contribution in [-0.2, 0) is 0 Å². The SMILES string of the molecule is Cc1ccccc1C(=O)N/N=C/c1cc(C)n(-c2ccccc2C)c1C. The minimum absolute atomic E-state index is 0.202. The second-order valence-electron chi connectivity index (χ2n) is 6.46. The normalized spacial score (nSPS) is 11.1. The highest BCUT2D eigenvalue weighted by molar-refractivity contribution is 5.96. The summed E-state index contributed by atoms with van der Waals surface area (Å²) in [5.74, 6) is -0.202. The van der Waals surface area contributed by atoms with Crippen LogP contribution in [0.2, 0.25) is 0 Å². The van der Waals surface area contributed by atoms with Crippen molar-refractivity contribution in [2.24, 2.45) is 5.10 Å². The second kappa shape index (κ2) is 7.40. The Morgan fingerprint density at radius 1 is 0.962 bits per heavy atom. The van der Waals surface area contributed by atoms with E-state index in [0.29, 0.717) is 5.56 Å². The van der Waals surface area contributed by atoms with E-state index < -0.39 is 0 Å². The first kappa shape index (κ1) is 17.7. The van der Waals surface area contributed by atoms with Crippen LogP contribution >= 0.6 is 0 Å². The standard InChI is InChI=1S/C22H23N3O/c1-15-9-5-7-11-20(15)22(26)24-23-14-19-13-17(3)25(18(19)4)21-12-8-6-10-16(21)2/h5-14H,1-4H3,(H,24,26)/b23-14+. The molecule has 0 unspecified atom stereocenters. The Morgan fingerprint density at radius 2 is 1.62 bits per heavy atom. The van der Waals surface area contributed by atoms with E-state index in [-0.39, 0.29) is 5.91 Å². The van der Waals surface area contributed by atoms with Crippen LogP contribution in [-0.4, -0.2) is 16.7 Å². The van der Waals surface area contributed by atoms with Gasteiger partial charge in [-0.2, -0.15) is 5.10 Å². The third-order valence-corrected chi connectivity index (χ3v) is 4.59. The van der Waals surface area contributed by atoms with Gasteiger partial charge in [-0.1, -0.05) is 36.4 Å². The summed E-state index contributed by atoms with van der Waals surface area (Å²) in [7, 11) is 0.